The second kappa shape index (κ2) is 7.35. The summed E-state index contributed by atoms with van der Waals surface area (Å²) in [7, 11) is 0. The maximum absolute atomic E-state index is 14.0. The van der Waals surface area contributed by atoms with Gasteiger partial charge in [-0.3, -0.25) is 9.69 Å². The summed E-state index contributed by atoms with van der Waals surface area (Å²) in [6, 6.07) is 15.5. The predicted octanol–water partition coefficient (Wildman–Crippen LogP) is 4.24. The second-order valence-electron chi connectivity index (χ2n) is 7.84. The molecule has 2 aliphatic rings. The van der Waals surface area contributed by atoms with Crippen molar-refractivity contribution in [2.75, 3.05) is 11.4 Å². The predicted molar refractivity (Wildman–Crippen MR) is 108 cm³/mol. The van der Waals surface area contributed by atoms with E-state index in [9.17, 15) is 19.1 Å². The fraction of sp³-hybridized carbons (Fsp3) is 0.304. The summed E-state index contributed by atoms with van der Waals surface area (Å²) in [4.78, 5) is 28.0. The molecule has 2 aromatic rings. The third-order valence-electron chi connectivity index (χ3n) is 5.88. The van der Waals surface area contributed by atoms with Crippen molar-refractivity contribution in [3.05, 3.63) is 77.6 Å². The number of likely N-dealkylation sites (tertiary alicyclic amines) is 1. The molecule has 0 unspecified atom stereocenters. The Kier molecular flexibility index (Phi) is 4.86. The van der Waals surface area contributed by atoms with Crippen molar-refractivity contribution in [2.24, 2.45) is 0 Å². The van der Waals surface area contributed by atoms with Gasteiger partial charge in [-0.05, 0) is 49.6 Å². The van der Waals surface area contributed by atoms with E-state index in [1.165, 1.54) is 17.0 Å². The topological polar surface area (TPSA) is 60.9 Å². The molecule has 1 fully saturated rings. The zero-order valence-electron chi connectivity index (χ0n) is 16.2. The Balaban J connectivity index is 1.73. The average molecular weight is 394 g/mol. The van der Waals surface area contributed by atoms with Gasteiger partial charge in [0.15, 0.2) is 0 Å². The first kappa shape index (κ1) is 19.2. The number of nitrogens with zero attached hydrogens (tertiary/aromatic N) is 2. The number of hydrogen-bond donors (Lipinski definition) is 1. The highest BCUT2D eigenvalue weighted by Crippen LogP contribution is 2.43. The molecule has 0 aliphatic carbocycles. The SMILES string of the molecule is C[C@H]1C[C@@]2(C=C(Cc3ccccc3)C(=O)N2c2cccc(F)c2)CCN1C(=O)O. The molecule has 2 heterocycles. The van der Waals surface area contributed by atoms with E-state index in [1.807, 2.05) is 43.3 Å². The smallest absolute Gasteiger partial charge is 0.407 e. The van der Waals surface area contributed by atoms with Gasteiger partial charge in [-0.15, -0.1) is 0 Å². The van der Waals surface area contributed by atoms with E-state index in [0.29, 0.717) is 37.1 Å². The minimum Gasteiger partial charge on any atom is -0.465 e. The van der Waals surface area contributed by atoms with Gasteiger partial charge in [0.05, 0.1) is 5.54 Å². The molecule has 0 saturated carbocycles. The molecule has 0 radical (unpaired) electrons. The van der Waals surface area contributed by atoms with Gasteiger partial charge >= 0.3 is 6.09 Å². The Morgan fingerprint density at radius 2 is 1.97 bits per heavy atom. The number of hydrogen-bond acceptors (Lipinski definition) is 2. The van der Waals surface area contributed by atoms with Crippen LogP contribution in [0.3, 0.4) is 0 Å². The molecule has 2 amide bonds. The van der Waals surface area contributed by atoms with Crippen LogP contribution in [0.1, 0.15) is 25.3 Å². The molecule has 2 atom stereocenters. The van der Waals surface area contributed by atoms with E-state index in [2.05, 4.69) is 0 Å². The van der Waals surface area contributed by atoms with Crippen LogP contribution in [0.5, 0.6) is 0 Å². The molecule has 150 valence electrons. The van der Waals surface area contributed by atoms with Crippen molar-refractivity contribution in [2.45, 2.75) is 37.8 Å². The lowest BCUT2D eigenvalue weighted by Gasteiger charge is -2.46. The highest BCUT2D eigenvalue weighted by molar-refractivity contribution is 6.10. The van der Waals surface area contributed by atoms with Gasteiger partial charge in [0.1, 0.15) is 5.82 Å². The maximum Gasteiger partial charge on any atom is 0.407 e. The van der Waals surface area contributed by atoms with E-state index in [1.54, 1.807) is 17.0 Å². The zero-order valence-corrected chi connectivity index (χ0v) is 16.2. The number of halogens is 1. The van der Waals surface area contributed by atoms with Crippen LogP contribution in [-0.4, -0.2) is 40.1 Å². The number of carbonyl (C=O) groups is 2. The summed E-state index contributed by atoms with van der Waals surface area (Å²) in [6.45, 7) is 2.18. The molecule has 0 bridgehead atoms. The molecule has 4 rings (SSSR count). The van der Waals surface area contributed by atoms with E-state index in [0.717, 1.165) is 5.56 Å². The molecule has 29 heavy (non-hydrogen) atoms. The van der Waals surface area contributed by atoms with Crippen molar-refractivity contribution in [1.82, 2.24) is 4.90 Å². The first-order valence-corrected chi connectivity index (χ1v) is 9.75. The fourth-order valence-electron chi connectivity index (χ4n) is 4.61. The molecule has 5 nitrogen and oxygen atoms in total. The summed E-state index contributed by atoms with van der Waals surface area (Å²) in [5, 5.41) is 9.44. The number of benzene rings is 2. The summed E-state index contributed by atoms with van der Waals surface area (Å²) in [5.41, 5.74) is 1.54. The standard InChI is InChI=1S/C23H23FN2O3/c1-16-14-23(10-11-25(16)22(28)29)15-18(12-17-6-3-2-4-7-17)21(27)26(23)20-9-5-8-19(24)13-20/h2-9,13,15-16H,10-12,14H2,1H3,(H,28,29)/t16-,23+/m0/s1. The molecule has 2 aliphatic heterocycles. The van der Waals surface area contributed by atoms with Crippen molar-refractivity contribution >= 4 is 17.7 Å². The van der Waals surface area contributed by atoms with Crippen LogP contribution in [0.2, 0.25) is 0 Å². The number of piperidine rings is 1. The lowest BCUT2D eigenvalue weighted by Crippen LogP contribution is -2.57. The maximum atomic E-state index is 14.0. The van der Waals surface area contributed by atoms with Crippen molar-refractivity contribution in [3.63, 3.8) is 0 Å². The lowest BCUT2D eigenvalue weighted by molar-refractivity contribution is -0.115. The van der Waals surface area contributed by atoms with Crippen LogP contribution >= 0.6 is 0 Å². The Labute approximate surface area is 169 Å². The van der Waals surface area contributed by atoms with Crippen LogP contribution in [0, 0.1) is 5.82 Å². The van der Waals surface area contributed by atoms with Crippen LogP contribution < -0.4 is 4.90 Å². The molecule has 1 spiro atoms. The first-order valence-electron chi connectivity index (χ1n) is 9.75. The monoisotopic (exact) mass is 394 g/mol. The minimum atomic E-state index is -0.956. The number of rotatable bonds is 3. The second-order valence-corrected chi connectivity index (χ2v) is 7.84. The van der Waals surface area contributed by atoms with Crippen molar-refractivity contribution < 1.29 is 19.1 Å². The first-order chi connectivity index (χ1) is 13.9. The Morgan fingerprint density at radius 1 is 1.21 bits per heavy atom. The number of anilines is 1. The molecule has 1 N–H and O–H groups in total. The van der Waals surface area contributed by atoms with E-state index < -0.39 is 17.4 Å². The highest BCUT2D eigenvalue weighted by Gasteiger charge is 2.50. The molecule has 1 saturated heterocycles. The zero-order chi connectivity index (χ0) is 20.6. The van der Waals surface area contributed by atoms with Gasteiger partial charge in [-0.2, -0.15) is 0 Å². The molecular formula is C23H23FN2O3. The fourth-order valence-corrected chi connectivity index (χ4v) is 4.61. The summed E-state index contributed by atoms with van der Waals surface area (Å²) in [6.07, 6.45) is 2.47. The van der Waals surface area contributed by atoms with Gasteiger partial charge in [-0.1, -0.05) is 36.4 Å². The quantitative estimate of drug-likeness (QED) is 0.847. The van der Waals surface area contributed by atoms with Crippen LogP contribution in [0.25, 0.3) is 0 Å². The molecule has 0 aromatic heterocycles. The number of carboxylic acid groups (broad SMARTS) is 1. The summed E-state index contributed by atoms with van der Waals surface area (Å²) < 4.78 is 14.0. The average Bonchev–Trinajstić information content (AvgIpc) is 2.93. The number of carbonyl (C=O) groups excluding carboxylic acids is 1. The largest absolute Gasteiger partial charge is 0.465 e. The summed E-state index contributed by atoms with van der Waals surface area (Å²) in [5.74, 6) is -0.548. The van der Waals surface area contributed by atoms with E-state index in [-0.39, 0.29) is 11.9 Å². The number of amides is 2. The van der Waals surface area contributed by atoms with Crippen LogP contribution in [-0.2, 0) is 11.2 Å². The normalized spacial score (nSPS) is 24.1. The van der Waals surface area contributed by atoms with Crippen molar-refractivity contribution in [1.29, 1.82) is 0 Å². The van der Waals surface area contributed by atoms with Crippen LogP contribution in [0.4, 0.5) is 14.9 Å². The van der Waals surface area contributed by atoms with E-state index in [4.69, 9.17) is 0 Å². The summed E-state index contributed by atoms with van der Waals surface area (Å²) >= 11 is 0. The van der Waals surface area contributed by atoms with Gasteiger partial charge < -0.3 is 10.0 Å². The Hall–Kier alpha value is -3.15. The molecular weight excluding hydrogens is 371 g/mol. The van der Waals surface area contributed by atoms with Crippen molar-refractivity contribution in [3.8, 4) is 0 Å². The lowest BCUT2D eigenvalue weighted by atomic mass is 9.82. The molecule has 6 heteroatoms. The van der Waals surface area contributed by atoms with Gasteiger partial charge in [0.25, 0.3) is 5.91 Å². The van der Waals surface area contributed by atoms with Gasteiger partial charge in [-0.25, -0.2) is 9.18 Å². The van der Waals surface area contributed by atoms with Crippen LogP contribution in [0.15, 0.2) is 66.2 Å². The Bertz CT molecular complexity index is 975. The van der Waals surface area contributed by atoms with Gasteiger partial charge in [0.2, 0.25) is 0 Å². The Morgan fingerprint density at radius 3 is 2.62 bits per heavy atom. The van der Waals surface area contributed by atoms with E-state index >= 15 is 0 Å². The molecule has 2 aromatic carbocycles. The highest BCUT2D eigenvalue weighted by atomic mass is 19.1. The van der Waals surface area contributed by atoms with Gasteiger partial charge in [0, 0.05) is 30.3 Å². The third kappa shape index (κ3) is 3.50. The minimum absolute atomic E-state index is 0.143. The third-order valence-corrected chi connectivity index (χ3v) is 5.88.